The van der Waals surface area contributed by atoms with Gasteiger partial charge in [0, 0.05) is 11.3 Å². The lowest BCUT2D eigenvalue weighted by Crippen LogP contribution is -2.15. The Morgan fingerprint density at radius 2 is 2.35 bits per heavy atom. The molecular weight excluding hydrogens is 254 g/mol. The van der Waals surface area contributed by atoms with Gasteiger partial charge in [-0.25, -0.2) is 0 Å². The van der Waals surface area contributed by atoms with E-state index in [2.05, 4.69) is 15.5 Å². The molecular formula is C15H17N3O2. The van der Waals surface area contributed by atoms with Crippen molar-refractivity contribution in [2.24, 2.45) is 0 Å². The molecule has 0 fully saturated rings. The van der Waals surface area contributed by atoms with E-state index in [9.17, 15) is 4.79 Å². The number of aromatic nitrogens is 2. The summed E-state index contributed by atoms with van der Waals surface area (Å²) >= 11 is 0. The Bertz CT molecular complexity index is 634. The number of carbonyl (C=O) groups excluding carboxylic acids is 1. The molecule has 2 aromatic rings. The number of H-pyrrole nitrogens is 1. The smallest absolute Gasteiger partial charge is 0.230 e. The van der Waals surface area contributed by atoms with E-state index >= 15 is 0 Å². The number of benzene rings is 1. The highest BCUT2D eigenvalue weighted by Crippen LogP contribution is 2.26. The maximum absolute atomic E-state index is 12.1. The number of aryl methyl sites for hydroxylation is 1. The van der Waals surface area contributed by atoms with Crippen molar-refractivity contribution in [3.8, 4) is 5.75 Å². The fourth-order valence-corrected chi connectivity index (χ4v) is 2.57. The molecule has 1 aliphatic carbocycles. The van der Waals surface area contributed by atoms with Crippen molar-refractivity contribution in [3.63, 3.8) is 0 Å². The van der Waals surface area contributed by atoms with Crippen LogP contribution in [0.15, 0.2) is 24.3 Å². The second kappa shape index (κ2) is 5.36. The Hall–Kier alpha value is -2.30. The molecule has 0 radical (unpaired) electrons. The van der Waals surface area contributed by atoms with Gasteiger partial charge in [-0.3, -0.25) is 9.89 Å². The monoisotopic (exact) mass is 271 g/mol. The Kier molecular flexibility index (Phi) is 3.41. The van der Waals surface area contributed by atoms with Crippen LogP contribution in [0.2, 0.25) is 0 Å². The highest BCUT2D eigenvalue weighted by molar-refractivity contribution is 5.92. The molecule has 1 amide bonds. The minimum absolute atomic E-state index is 0.0561. The van der Waals surface area contributed by atoms with Crippen LogP contribution in [0.25, 0.3) is 0 Å². The molecule has 0 atom stereocenters. The molecule has 5 nitrogen and oxygen atoms in total. The molecule has 0 bridgehead atoms. The number of rotatable bonds is 4. The van der Waals surface area contributed by atoms with E-state index < -0.39 is 0 Å². The fraction of sp³-hybridized carbons (Fsp3) is 0.333. The number of anilines is 1. The first-order valence-corrected chi connectivity index (χ1v) is 6.75. The number of aromatic amines is 1. The van der Waals surface area contributed by atoms with E-state index in [1.54, 1.807) is 7.11 Å². The summed E-state index contributed by atoms with van der Waals surface area (Å²) in [6.45, 7) is 0. The lowest BCUT2D eigenvalue weighted by atomic mass is 10.1. The first kappa shape index (κ1) is 12.7. The number of methoxy groups -OCH3 is 1. The molecule has 1 aromatic heterocycles. The third-order valence-electron chi connectivity index (χ3n) is 3.56. The van der Waals surface area contributed by atoms with E-state index in [-0.39, 0.29) is 5.91 Å². The number of hydrogen-bond donors (Lipinski definition) is 2. The van der Waals surface area contributed by atoms with Gasteiger partial charge in [-0.1, -0.05) is 12.1 Å². The second-order valence-electron chi connectivity index (χ2n) is 4.96. The maximum Gasteiger partial charge on any atom is 0.230 e. The summed E-state index contributed by atoms with van der Waals surface area (Å²) in [5, 5.41) is 10.0. The zero-order chi connectivity index (χ0) is 13.9. The molecule has 0 aliphatic heterocycles. The van der Waals surface area contributed by atoms with Crippen molar-refractivity contribution >= 4 is 11.7 Å². The van der Waals surface area contributed by atoms with Gasteiger partial charge in [0.25, 0.3) is 0 Å². The van der Waals surface area contributed by atoms with Gasteiger partial charge in [0.05, 0.1) is 13.5 Å². The van der Waals surface area contributed by atoms with E-state index in [1.807, 2.05) is 24.3 Å². The molecule has 1 aromatic carbocycles. The van der Waals surface area contributed by atoms with Crippen molar-refractivity contribution in [2.75, 3.05) is 12.4 Å². The maximum atomic E-state index is 12.1. The quantitative estimate of drug-likeness (QED) is 0.894. The summed E-state index contributed by atoms with van der Waals surface area (Å²) in [6, 6.07) is 7.53. The Balaban J connectivity index is 1.67. The molecule has 0 spiro atoms. The molecule has 0 saturated carbocycles. The molecule has 2 N–H and O–H groups in total. The van der Waals surface area contributed by atoms with Crippen LogP contribution in [-0.2, 0) is 24.1 Å². The minimum Gasteiger partial charge on any atom is -0.497 e. The third-order valence-corrected chi connectivity index (χ3v) is 3.56. The Labute approximate surface area is 117 Å². The van der Waals surface area contributed by atoms with Crippen molar-refractivity contribution < 1.29 is 9.53 Å². The number of fused-ring (bicyclic) bond motifs is 1. The first-order valence-electron chi connectivity index (χ1n) is 6.75. The molecule has 1 heterocycles. The van der Waals surface area contributed by atoms with Crippen LogP contribution in [0.3, 0.4) is 0 Å². The van der Waals surface area contributed by atoms with Crippen LogP contribution in [0.4, 0.5) is 5.82 Å². The van der Waals surface area contributed by atoms with E-state index in [4.69, 9.17) is 4.74 Å². The van der Waals surface area contributed by atoms with Gasteiger partial charge in [-0.15, -0.1) is 0 Å². The summed E-state index contributed by atoms with van der Waals surface area (Å²) in [5.74, 6) is 1.39. The normalized spacial score (nSPS) is 13.1. The zero-order valence-corrected chi connectivity index (χ0v) is 11.4. The molecule has 3 rings (SSSR count). The predicted molar refractivity (Wildman–Crippen MR) is 75.9 cm³/mol. The second-order valence-corrected chi connectivity index (χ2v) is 4.96. The fourth-order valence-electron chi connectivity index (χ4n) is 2.57. The Morgan fingerprint density at radius 1 is 1.45 bits per heavy atom. The third kappa shape index (κ3) is 2.52. The number of amides is 1. The number of ether oxygens (including phenoxy) is 1. The van der Waals surface area contributed by atoms with Crippen LogP contribution in [0.5, 0.6) is 5.75 Å². The molecule has 5 heteroatoms. The van der Waals surface area contributed by atoms with Crippen LogP contribution >= 0.6 is 0 Å². The molecule has 104 valence electrons. The summed E-state index contributed by atoms with van der Waals surface area (Å²) in [5.41, 5.74) is 3.24. The van der Waals surface area contributed by atoms with Crippen molar-refractivity contribution in [2.45, 2.75) is 25.7 Å². The van der Waals surface area contributed by atoms with Crippen LogP contribution < -0.4 is 10.1 Å². The number of carbonyl (C=O) groups is 1. The van der Waals surface area contributed by atoms with E-state index in [0.717, 1.165) is 41.8 Å². The van der Waals surface area contributed by atoms with Gasteiger partial charge in [0.1, 0.15) is 5.75 Å². The predicted octanol–water partition coefficient (Wildman–Crippen LogP) is 2.09. The van der Waals surface area contributed by atoms with Gasteiger partial charge < -0.3 is 10.1 Å². The van der Waals surface area contributed by atoms with Crippen LogP contribution in [0, 0.1) is 0 Å². The first-order chi connectivity index (χ1) is 9.76. The summed E-state index contributed by atoms with van der Waals surface area (Å²) in [6.07, 6.45) is 3.45. The Morgan fingerprint density at radius 3 is 3.20 bits per heavy atom. The van der Waals surface area contributed by atoms with E-state index in [1.165, 1.54) is 0 Å². The number of nitrogens with zero attached hydrogens (tertiary/aromatic N) is 1. The van der Waals surface area contributed by atoms with Crippen molar-refractivity contribution in [3.05, 3.63) is 41.1 Å². The molecule has 20 heavy (non-hydrogen) atoms. The summed E-state index contributed by atoms with van der Waals surface area (Å²) in [4.78, 5) is 12.1. The lowest BCUT2D eigenvalue weighted by molar-refractivity contribution is -0.115. The van der Waals surface area contributed by atoms with Gasteiger partial charge in [-0.2, -0.15) is 5.10 Å². The van der Waals surface area contributed by atoms with Gasteiger partial charge in [0.2, 0.25) is 5.91 Å². The van der Waals surface area contributed by atoms with Gasteiger partial charge in [0.15, 0.2) is 5.82 Å². The van der Waals surface area contributed by atoms with Gasteiger partial charge in [-0.05, 0) is 37.0 Å². The van der Waals surface area contributed by atoms with Crippen LogP contribution in [-0.4, -0.2) is 23.2 Å². The van der Waals surface area contributed by atoms with E-state index in [0.29, 0.717) is 12.2 Å². The topological polar surface area (TPSA) is 67.0 Å². The molecule has 1 aliphatic rings. The zero-order valence-electron chi connectivity index (χ0n) is 11.4. The largest absolute Gasteiger partial charge is 0.497 e. The van der Waals surface area contributed by atoms with Crippen molar-refractivity contribution in [1.29, 1.82) is 0 Å². The molecule has 0 saturated heterocycles. The number of hydrogen-bond acceptors (Lipinski definition) is 3. The average molecular weight is 271 g/mol. The summed E-state index contributed by atoms with van der Waals surface area (Å²) < 4.78 is 5.15. The average Bonchev–Trinajstić information content (AvgIpc) is 3.04. The number of nitrogens with one attached hydrogen (secondary N) is 2. The van der Waals surface area contributed by atoms with Gasteiger partial charge >= 0.3 is 0 Å². The van der Waals surface area contributed by atoms with Crippen molar-refractivity contribution in [1.82, 2.24) is 10.2 Å². The standard InChI is InChI=1S/C15H17N3O2/c1-20-11-5-2-4-10(8-11)9-14(19)16-15-12-6-3-7-13(12)17-18-15/h2,4-5,8H,3,6-7,9H2,1H3,(H2,16,17,18,19). The van der Waals surface area contributed by atoms with Crippen LogP contribution in [0.1, 0.15) is 23.2 Å². The lowest BCUT2D eigenvalue weighted by Gasteiger charge is -2.05. The summed E-state index contributed by atoms with van der Waals surface area (Å²) in [7, 11) is 1.62. The SMILES string of the molecule is COc1cccc(CC(=O)Nc2n[nH]c3c2CCC3)c1. The minimum atomic E-state index is -0.0561. The highest BCUT2D eigenvalue weighted by atomic mass is 16.5. The highest BCUT2D eigenvalue weighted by Gasteiger charge is 2.19. The molecule has 0 unspecified atom stereocenters.